The quantitative estimate of drug-likeness (QED) is 0.672. The lowest BCUT2D eigenvalue weighted by Crippen LogP contribution is -2.52. The summed E-state index contributed by atoms with van der Waals surface area (Å²) in [5.74, 6) is -2.82. The molecule has 0 saturated heterocycles. The molecule has 5 nitrogen and oxygen atoms in total. The van der Waals surface area contributed by atoms with Gasteiger partial charge in [-0.05, 0) is 10.8 Å². The number of aliphatic hydroxyl groups excluding tert-OH is 1. The van der Waals surface area contributed by atoms with Crippen LogP contribution < -0.4 is 0 Å². The lowest BCUT2D eigenvalue weighted by molar-refractivity contribution is -0.178. The Morgan fingerprint density at radius 2 is 1.28 bits per heavy atom. The molecule has 0 aliphatic heterocycles. The normalized spacial score (nSPS) is 15.3. The summed E-state index contributed by atoms with van der Waals surface area (Å²) in [5.41, 5.74) is -3.57. The summed E-state index contributed by atoms with van der Waals surface area (Å²) in [5, 5.41) is 28.8. The van der Waals surface area contributed by atoms with Crippen LogP contribution in [0.25, 0.3) is 0 Å². The number of hydrogen-bond donors (Lipinski definition) is 3. The van der Waals surface area contributed by atoms with E-state index in [0.29, 0.717) is 0 Å². The molecular formula is C13H24O5. The van der Waals surface area contributed by atoms with E-state index in [-0.39, 0.29) is 6.42 Å². The Hall–Kier alpha value is -1.10. The lowest BCUT2D eigenvalue weighted by atomic mass is 9.62. The summed E-state index contributed by atoms with van der Waals surface area (Å²) in [4.78, 5) is 23.0. The van der Waals surface area contributed by atoms with Crippen molar-refractivity contribution in [2.24, 2.45) is 16.2 Å². The van der Waals surface area contributed by atoms with E-state index < -0.39 is 34.3 Å². The van der Waals surface area contributed by atoms with Gasteiger partial charge in [-0.1, -0.05) is 41.5 Å². The number of aliphatic hydroxyl groups is 1. The maximum atomic E-state index is 11.5. The van der Waals surface area contributed by atoms with Crippen molar-refractivity contribution in [2.45, 2.75) is 54.1 Å². The molecule has 1 atom stereocenters. The Labute approximate surface area is 108 Å². The molecule has 0 aromatic heterocycles. The number of hydrogen-bond acceptors (Lipinski definition) is 3. The van der Waals surface area contributed by atoms with E-state index in [9.17, 15) is 24.9 Å². The Morgan fingerprint density at radius 3 is 1.44 bits per heavy atom. The molecule has 0 aliphatic rings. The fourth-order valence-electron chi connectivity index (χ4n) is 1.81. The molecule has 0 bridgehead atoms. The maximum Gasteiger partial charge on any atom is 0.321 e. The number of carboxylic acids is 2. The van der Waals surface area contributed by atoms with E-state index in [1.807, 2.05) is 0 Å². The van der Waals surface area contributed by atoms with E-state index in [4.69, 9.17) is 0 Å². The summed E-state index contributed by atoms with van der Waals surface area (Å²) >= 11 is 0. The van der Waals surface area contributed by atoms with Crippen LogP contribution in [0.15, 0.2) is 0 Å². The van der Waals surface area contributed by atoms with Gasteiger partial charge in [0.25, 0.3) is 0 Å². The first-order valence-electron chi connectivity index (χ1n) is 5.91. The molecule has 0 spiro atoms. The van der Waals surface area contributed by atoms with Crippen LogP contribution in [0.2, 0.25) is 0 Å². The molecule has 0 heterocycles. The van der Waals surface area contributed by atoms with E-state index in [1.54, 1.807) is 41.5 Å². The molecule has 0 rings (SSSR count). The van der Waals surface area contributed by atoms with Gasteiger partial charge < -0.3 is 15.3 Å². The van der Waals surface area contributed by atoms with Crippen LogP contribution >= 0.6 is 0 Å². The van der Waals surface area contributed by atoms with Crippen LogP contribution in [0.1, 0.15) is 48.0 Å². The average Bonchev–Trinajstić information content (AvgIpc) is 2.08. The molecule has 0 aliphatic carbocycles. The van der Waals surface area contributed by atoms with Gasteiger partial charge in [0.2, 0.25) is 0 Å². The summed E-state index contributed by atoms with van der Waals surface area (Å²) in [6.45, 7) is 9.91. The molecule has 106 valence electrons. The van der Waals surface area contributed by atoms with Crippen molar-refractivity contribution in [1.82, 2.24) is 0 Å². The minimum Gasteiger partial charge on any atom is -0.480 e. The summed E-state index contributed by atoms with van der Waals surface area (Å²) in [6, 6.07) is 0. The first-order chi connectivity index (χ1) is 7.76. The van der Waals surface area contributed by atoms with Gasteiger partial charge in [-0.2, -0.15) is 0 Å². The molecule has 0 fully saturated rings. The number of aliphatic carboxylic acids is 2. The standard InChI is InChI=1S/C13H24O5/c1-11(2,3)8(14)7-13(9(15)16,10(17)18)12(4,5)6/h8,14H,7H2,1-6H3,(H,15,16)(H,17,18). The van der Waals surface area contributed by atoms with Gasteiger partial charge in [-0.3, -0.25) is 9.59 Å². The van der Waals surface area contributed by atoms with Gasteiger partial charge in [0.05, 0.1) is 6.10 Å². The summed E-state index contributed by atoms with van der Waals surface area (Å²) in [6.07, 6.45) is -1.33. The molecule has 3 N–H and O–H groups in total. The molecule has 0 aromatic carbocycles. The predicted molar refractivity (Wildman–Crippen MR) is 67.2 cm³/mol. The minimum absolute atomic E-state index is 0.315. The molecule has 1 unspecified atom stereocenters. The number of rotatable bonds is 4. The highest BCUT2D eigenvalue weighted by Gasteiger charge is 2.57. The fraction of sp³-hybridized carbons (Fsp3) is 0.846. The van der Waals surface area contributed by atoms with Crippen LogP contribution in [0.4, 0.5) is 0 Å². The van der Waals surface area contributed by atoms with Crippen molar-refractivity contribution in [1.29, 1.82) is 0 Å². The second-order valence-electron chi connectivity index (χ2n) is 6.85. The molecule has 0 radical (unpaired) electrons. The molecule has 0 saturated carbocycles. The highest BCUT2D eigenvalue weighted by Crippen LogP contribution is 2.45. The van der Waals surface area contributed by atoms with Crippen molar-refractivity contribution < 1.29 is 24.9 Å². The fourth-order valence-corrected chi connectivity index (χ4v) is 1.81. The van der Waals surface area contributed by atoms with Crippen LogP contribution in [-0.4, -0.2) is 33.4 Å². The Kier molecular flexibility index (Phi) is 4.58. The van der Waals surface area contributed by atoms with E-state index in [0.717, 1.165) is 0 Å². The second-order valence-corrected chi connectivity index (χ2v) is 6.85. The summed E-state index contributed by atoms with van der Waals surface area (Å²) in [7, 11) is 0. The zero-order valence-electron chi connectivity index (χ0n) is 11.9. The number of carbonyl (C=O) groups is 2. The van der Waals surface area contributed by atoms with Gasteiger partial charge in [0.15, 0.2) is 5.41 Å². The molecule has 5 heteroatoms. The van der Waals surface area contributed by atoms with Crippen LogP contribution in [0, 0.1) is 16.2 Å². The third-order valence-electron chi connectivity index (χ3n) is 3.51. The van der Waals surface area contributed by atoms with Gasteiger partial charge in [-0.15, -0.1) is 0 Å². The first kappa shape index (κ1) is 16.9. The summed E-state index contributed by atoms with van der Waals surface area (Å²) < 4.78 is 0. The van der Waals surface area contributed by atoms with Crippen molar-refractivity contribution in [2.75, 3.05) is 0 Å². The third-order valence-corrected chi connectivity index (χ3v) is 3.51. The highest BCUT2D eigenvalue weighted by molar-refractivity contribution is 5.99. The van der Waals surface area contributed by atoms with Crippen molar-refractivity contribution in [3.8, 4) is 0 Å². The molecule has 0 amide bonds. The highest BCUT2D eigenvalue weighted by atomic mass is 16.4. The Balaban J connectivity index is 5.64. The molecule has 18 heavy (non-hydrogen) atoms. The largest absolute Gasteiger partial charge is 0.480 e. The van der Waals surface area contributed by atoms with Crippen molar-refractivity contribution in [3.63, 3.8) is 0 Å². The predicted octanol–water partition coefficient (Wildman–Crippen LogP) is 1.99. The SMILES string of the molecule is CC(C)(C)C(O)CC(C(=O)O)(C(=O)O)C(C)(C)C. The van der Waals surface area contributed by atoms with Crippen molar-refractivity contribution in [3.05, 3.63) is 0 Å². The van der Waals surface area contributed by atoms with E-state index in [1.165, 1.54) is 0 Å². The van der Waals surface area contributed by atoms with E-state index >= 15 is 0 Å². The third kappa shape index (κ3) is 3.02. The smallest absolute Gasteiger partial charge is 0.321 e. The van der Waals surface area contributed by atoms with Crippen LogP contribution in [-0.2, 0) is 9.59 Å². The molecular weight excluding hydrogens is 236 g/mol. The molecule has 0 aromatic rings. The average molecular weight is 260 g/mol. The lowest BCUT2D eigenvalue weighted by Gasteiger charge is -2.41. The maximum absolute atomic E-state index is 11.5. The minimum atomic E-state index is -2.00. The topological polar surface area (TPSA) is 94.8 Å². The zero-order valence-corrected chi connectivity index (χ0v) is 11.9. The van der Waals surface area contributed by atoms with Gasteiger partial charge in [-0.25, -0.2) is 0 Å². The van der Waals surface area contributed by atoms with Gasteiger partial charge in [0, 0.05) is 6.42 Å². The van der Waals surface area contributed by atoms with Crippen LogP contribution in [0.5, 0.6) is 0 Å². The van der Waals surface area contributed by atoms with Crippen molar-refractivity contribution >= 4 is 11.9 Å². The van der Waals surface area contributed by atoms with E-state index in [2.05, 4.69) is 0 Å². The Morgan fingerprint density at radius 1 is 0.944 bits per heavy atom. The number of carboxylic acid groups (broad SMARTS) is 2. The second kappa shape index (κ2) is 4.88. The van der Waals surface area contributed by atoms with Gasteiger partial charge in [0.1, 0.15) is 0 Å². The Bertz CT molecular complexity index is 318. The van der Waals surface area contributed by atoms with Gasteiger partial charge >= 0.3 is 11.9 Å². The van der Waals surface area contributed by atoms with Crippen LogP contribution in [0.3, 0.4) is 0 Å². The zero-order chi connectivity index (χ0) is 14.9. The monoisotopic (exact) mass is 260 g/mol. The first-order valence-corrected chi connectivity index (χ1v) is 5.91.